The monoisotopic (exact) mass is 309 g/mol. The molecule has 1 aromatic rings. The van der Waals surface area contributed by atoms with Crippen LogP contribution in [0.1, 0.15) is 19.8 Å². The van der Waals surface area contributed by atoms with Gasteiger partial charge in [-0.1, -0.05) is 12.1 Å². The van der Waals surface area contributed by atoms with E-state index in [0.717, 1.165) is 6.42 Å². The summed E-state index contributed by atoms with van der Waals surface area (Å²) in [7, 11) is 1.56. The Morgan fingerprint density at radius 3 is 2.64 bits per heavy atom. The summed E-state index contributed by atoms with van der Waals surface area (Å²) in [5.41, 5.74) is 0. The SMILES string of the molecule is COc1ccccc1OCC(=O)NCCC1(C)OCCCO1. The molecule has 1 heterocycles. The smallest absolute Gasteiger partial charge is 0.257 e. The molecule has 1 aliphatic heterocycles. The van der Waals surface area contributed by atoms with E-state index in [1.54, 1.807) is 19.2 Å². The third kappa shape index (κ3) is 4.89. The van der Waals surface area contributed by atoms with E-state index in [4.69, 9.17) is 18.9 Å². The van der Waals surface area contributed by atoms with Gasteiger partial charge in [0.2, 0.25) is 0 Å². The van der Waals surface area contributed by atoms with Crippen molar-refractivity contribution >= 4 is 5.91 Å². The Bertz CT molecular complexity index is 485. The van der Waals surface area contributed by atoms with E-state index in [0.29, 0.717) is 37.7 Å². The summed E-state index contributed by atoms with van der Waals surface area (Å²) in [6, 6.07) is 7.22. The zero-order chi connectivity index (χ0) is 15.8. The second-order valence-corrected chi connectivity index (χ2v) is 5.22. The minimum absolute atomic E-state index is 0.0567. The molecule has 1 aliphatic rings. The summed E-state index contributed by atoms with van der Waals surface area (Å²) in [4.78, 5) is 11.8. The molecule has 122 valence electrons. The number of carbonyl (C=O) groups is 1. The van der Waals surface area contributed by atoms with Gasteiger partial charge in [0, 0.05) is 13.0 Å². The molecule has 1 N–H and O–H groups in total. The highest BCUT2D eigenvalue weighted by Crippen LogP contribution is 2.25. The fourth-order valence-electron chi connectivity index (χ4n) is 2.18. The van der Waals surface area contributed by atoms with Crippen molar-refractivity contribution in [3.8, 4) is 11.5 Å². The molecule has 2 rings (SSSR count). The average molecular weight is 309 g/mol. The molecule has 22 heavy (non-hydrogen) atoms. The third-order valence-corrected chi connectivity index (χ3v) is 3.43. The molecule has 1 fully saturated rings. The van der Waals surface area contributed by atoms with Crippen molar-refractivity contribution in [3.63, 3.8) is 0 Å². The van der Waals surface area contributed by atoms with Crippen LogP contribution in [0.4, 0.5) is 0 Å². The predicted octanol–water partition coefficient (Wildman–Crippen LogP) is 1.73. The second-order valence-electron chi connectivity index (χ2n) is 5.22. The van der Waals surface area contributed by atoms with Crippen LogP contribution in [-0.2, 0) is 14.3 Å². The number of carbonyl (C=O) groups excluding carboxylic acids is 1. The van der Waals surface area contributed by atoms with Crippen LogP contribution in [0.3, 0.4) is 0 Å². The van der Waals surface area contributed by atoms with Gasteiger partial charge in [0.1, 0.15) is 0 Å². The number of amides is 1. The molecule has 1 aromatic carbocycles. The van der Waals surface area contributed by atoms with Gasteiger partial charge in [-0.2, -0.15) is 0 Å². The first kappa shape index (κ1) is 16.6. The van der Waals surface area contributed by atoms with Crippen molar-refractivity contribution in [3.05, 3.63) is 24.3 Å². The summed E-state index contributed by atoms with van der Waals surface area (Å²) in [6.45, 7) is 3.70. The summed E-state index contributed by atoms with van der Waals surface area (Å²) in [6.07, 6.45) is 1.52. The lowest BCUT2D eigenvalue weighted by Gasteiger charge is -2.33. The normalized spacial score (nSPS) is 16.8. The van der Waals surface area contributed by atoms with Crippen LogP contribution in [0.15, 0.2) is 24.3 Å². The maximum absolute atomic E-state index is 11.8. The Morgan fingerprint density at radius 1 is 1.27 bits per heavy atom. The Balaban J connectivity index is 1.69. The maximum atomic E-state index is 11.8. The van der Waals surface area contributed by atoms with Crippen LogP contribution in [0, 0.1) is 0 Å². The molecule has 0 bridgehead atoms. The molecule has 0 spiro atoms. The molecule has 0 atom stereocenters. The number of hydrogen-bond acceptors (Lipinski definition) is 5. The lowest BCUT2D eigenvalue weighted by molar-refractivity contribution is -0.257. The molecule has 0 radical (unpaired) electrons. The molecule has 6 nitrogen and oxygen atoms in total. The van der Waals surface area contributed by atoms with Gasteiger partial charge in [0.25, 0.3) is 5.91 Å². The van der Waals surface area contributed by atoms with Gasteiger partial charge in [-0.25, -0.2) is 0 Å². The average Bonchev–Trinajstić information content (AvgIpc) is 2.53. The first-order valence-electron chi connectivity index (χ1n) is 7.43. The molecule has 0 saturated carbocycles. The van der Waals surface area contributed by atoms with Crippen molar-refractivity contribution in [2.24, 2.45) is 0 Å². The summed E-state index contributed by atoms with van der Waals surface area (Å²) >= 11 is 0. The summed E-state index contributed by atoms with van der Waals surface area (Å²) < 4.78 is 21.8. The van der Waals surface area contributed by atoms with Crippen LogP contribution in [0.2, 0.25) is 0 Å². The topological polar surface area (TPSA) is 66.0 Å². The zero-order valence-corrected chi connectivity index (χ0v) is 13.1. The maximum Gasteiger partial charge on any atom is 0.257 e. The first-order valence-corrected chi connectivity index (χ1v) is 7.43. The largest absolute Gasteiger partial charge is 0.493 e. The van der Waals surface area contributed by atoms with E-state index < -0.39 is 5.79 Å². The lowest BCUT2D eigenvalue weighted by Crippen LogP contribution is -2.41. The van der Waals surface area contributed by atoms with Gasteiger partial charge in [-0.15, -0.1) is 0 Å². The Kier molecular flexibility index (Phi) is 6.03. The van der Waals surface area contributed by atoms with Crippen LogP contribution in [-0.4, -0.2) is 45.2 Å². The number of rotatable bonds is 7. The van der Waals surface area contributed by atoms with Crippen LogP contribution >= 0.6 is 0 Å². The van der Waals surface area contributed by atoms with Crippen molar-refractivity contribution in [1.29, 1.82) is 0 Å². The highest BCUT2D eigenvalue weighted by atomic mass is 16.7. The second kappa shape index (κ2) is 8.00. The fourth-order valence-corrected chi connectivity index (χ4v) is 2.18. The molecular weight excluding hydrogens is 286 g/mol. The molecular formula is C16H23NO5. The lowest BCUT2D eigenvalue weighted by atomic mass is 10.2. The number of methoxy groups -OCH3 is 1. The molecule has 0 unspecified atom stereocenters. The number of ether oxygens (including phenoxy) is 4. The Hall–Kier alpha value is -1.79. The van der Waals surface area contributed by atoms with Crippen molar-refractivity contribution in [2.45, 2.75) is 25.6 Å². The van der Waals surface area contributed by atoms with Gasteiger partial charge in [0.15, 0.2) is 23.9 Å². The highest BCUT2D eigenvalue weighted by molar-refractivity contribution is 5.77. The van der Waals surface area contributed by atoms with Crippen LogP contribution in [0.5, 0.6) is 11.5 Å². The number of benzene rings is 1. The van der Waals surface area contributed by atoms with Crippen LogP contribution < -0.4 is 14.8 Å². The van der Waals surface area contributed by atoms with Gasteiger partial charge >= 0.3 is 0 Å². The molecule has 6 heteroatoms. The summed E-state index contributed by atoms with van der Waals surface area (Å²) in [5, 5.41) is 2.80. The zero-order valence-electron chi connectivity index (χ0n) is 13.1. The molecule has 0 aromatic heterocycles. The number of nitrogens with one attached hydrogen (secondary N) is 1. The minimum Gasteiger partial charge on any atom is -0.493 e. The molecule has 1 amide bonds. The Labute approximate surface area is 130 Å². The minimum atomic E-state index is -0.602. The quantitative estimate of drug-likeness (QED) is 0.831. The van der Waals surface area contributed by atoms with E-state index in [2.05, 4.69) is 5.32 Å². The van der Waals surface area contributed by atoms with E-state index in [-0.39, 0.29) is 12.5 Å². The van der Waals surface area contributed by atoms with E-state index in [1.807, 2.05) is 19.1 Å². The molecule has 1 saturated heterocycles. The fraction of sp³-hybridized carbons (Fsp3) is 0.562. The first-order chi connectivity index (χ1) is 10.6. The van der Waals surface area contributed by atoms with Gasteiger partial charge in [-0.3, -0.25) is 4.79 Å². The summed E-state index contributed by atoms with van der Waals surface area (Å²) in [5.74, 6) is 0.359. The predicted molar refractivity (Wildman–Crippen MR) is 81.0 cm³/mol. The van der Waals surface area contributed by atoms with E-state index in [1.165, 1.54) is 0 Å². The number of para-hydroxylation sites is 2. The number of hydrogen-bond donors (Lipinski definition) is 1. The highest BCUT2D eigenvalue weighted by Gasteiger charge is 2.28. The van der Waals surface area contributed by atoms with Crippen molar-refractivity contribution in [2.75, 3.05) is 33.5 Å². The van der Waals surface area contributed by atoms with Crippen LogP contribution in [0.25, 0.3) is 0 Å². The van der Waals surface area contributed by atoms with Crippen molar-refractivity contribution in [1.82, 2.24) is 5.32 Å². The van der Waals surface area contributed by atoms with E-state index in [9.17, 15) is 4.79 Å². The standard InChI is InChI=1S/C16H23NO5/c1-16(21-10-5-11-22-16)8-9-17-15(18)12-20-14-7-4-3-6-13(14)19-2/h3-4,6-7H,5,8-12H2,1-2H3,(H,17,18). The Morgan fingerprint density at radius 2 is 1.95 bits per heavy atom. The van der Waals surface area contributed by atoms with E-state index >= 15 is 0 Å². The molecule has 0 aliphatic carbocycles. The third-order valence-electron chi connectivity index (χ3n) is 3.43. The van der Waals surface area contributed by atoms with Crippen molar-refractivity contribution < 1.29 is 23.7 Å². The van der Waals surface area contributed by atoms with Gasteiger partial charge in [0.05, 0.1) is 20.3 Å². The van der Waals surface area contributed by atoms with Gasteiger partial charge in [-0.05, 0) is 25.5 Å². The van der Waals surface area contributed by atoms with Gasteiger partial charge < -0.3 is 24.3 Å².